The number of rotatable bonds is 4. The summed E-state index contributed by atoms with van der Waals surface area (Å²) in [6.07, 6.45) is 1.42. The Morgan fingerprint density at radius 1 is 1.53 bits per heavy atom. The van der Waals surface area contributed by atoms with Crippen LogP contribution in [0.25, 0.3) is 0 Å². The van der Waals surface area contributed by atoms with Gasteiger partial charge < -0.3 is 10.2 Å². The molecule has 2 aromatic heterocycles. The van der Waals surface area contributed by atoms with E-state index in [1.165, 1.54) is 17.2 Å². The third-order valence-electron chi connectivity index (χ3n) is 2.68. The summed E-state index contributed by atoms with van der Waals surface area (Å²) in [7, 11) is 3.22. The lowest BCUT2D eigenvalue weighted by Gasteiger charge is -2.17. The molecule has 19 heavy (non-hydrogen) atoms. The smallest absolute Gasteiger partial charge is 0.257 e. The SMILES string of the molecule is CNc1nccc(C(=O)N(C)Cc2cccs2)c1F. The Kier molecular flexibility index (Phi) is 4.11. The van der Waals surface area contributed by atoms with E-state index < -0.39 is 5.82 Å². The highest BCUT2D eigenvalue weighted by molar-refractivity contribution is 7.09. The van der Waals surface area contributed by atoms with Crippen LogP contribution < -0.4 is 5.32 Å². The minimum atomic E-state index is -0.618. The monoisotopic (exact) mass is 279 g/mol. The molecule has 0 radical (unpaired) electrons. The summed E-state index contributed by atoms with van der Waals surface area (Å²) in [6, 6.07) is 5.25. The van der Waals surface area contributed by atoms with Crippen molar-refractivity contribution in [3.8, 4) is 0 Å². The van der Waals surface area contributed by atoms with Crippen molar-refractivity contribution in [3.63, 3.8) is 0 Å². The molecule has 1 amide bonds. The summed E-state index contributed by atoms with van der Waals surface area (Å²) in [6.45, 7) is 0.465. The Balaban J connectivity index is 2.19. The van der Waals surface area contributed by atoms with E-state index in [1.807, 2.05) is 17.5 Å². The average Bonchev–Trinajstić information content (AvgIpc) is 2.91. The van der Waals surface area contributed by atoms with Gasteiger partial charge in [-0.2, -0.15) is 0 Å². The molecule has 0 atom stereocenters. The summed E-state index contributed by atoms with van der Waals surface area (Å²) < 4.78 is 14.0. The molecular weight excluding hydrogens is 265 g/mol. The summed E-state index contributed by atoms with van der Waals surface area (Å²) >= 11 is 1.56. The van der Waals surface area contributed by atoms with Crippen LogP contribution in [0.15, 0.2) is 29.8 Å². The Bertz CT molecular complexity index is 571. The zero-order chi connectivity index (χ0) is 13.8. The van der Waals surface area contributed by atoms with Gasteiger partial charge in [0, 0.05) is 25.2 Å². The van der Waals surface area contributed by atoms with Crippen LogP contribution in [0, 0.1) is 5.82 Å². The maximum atomic E-state index is 14.0. The van der Waals surface area contributed by atoms with Crippen LogP contribution in [-0.2, 0) is 6.54 Å². The molecule has 0 spiro atoms. The quantitative estimate of drug-likeness (QED) is 0.935. The molecule has 6 heteroatoms. The van der Waals surface area contributed by atoms with Crippen LogP contribution in [0.5, 0.6) is 0 Å². The minimum Gasteiger partial charge on any atom is -0.371 e. The van der Waals surface area contributed by atoms with E-state index in [4.69, 9.17) is 0 Å². The van der Waals surface area contributed by atoms with Crippen molar-refractivity contribution in [1.82, 2.24) is 9.88 Å². The van der Waals surface area contributed by atoms with Gasteiger partial charge in [0.25, 0.3) is 5.91 Å². The third-order valence-corrected chi connectivity index (χ3v) is 3.54. The van der Waals surface area contributed by atoms with Crippen molar-refractivity contribution in [2.24, 2.45) is 0 Å². The van der Waals surface area contributed by atoms with Gasteiger partial charge in [0.2, 0.25) is 0 Å². The first-order valence-electron chi connectivity index (χ1n) is 5.73. The Morgan fingerprint density at radius 2 is 2.32 bits per heavy atom. The van der Waals surface area contributed by atoms with Gasteiger partial charge in [-0.1, -0.05) is 6.07 Å². The van der Waals surface area contributed by atoms with Crippen LogP contribution in [0.3, 0.4) is 0 Å². The second-order valence-corrected chi connectivity index (χ2v) is 5.04. The first-order valence-corrected chi connectivity index (χ1v) is 6.61. The van der Waals surface area contributed by atoms with Crippen molar-refractivity contribution in [2.45, 2.75) is 6.54 Å². The Morgan fingerprint density at radius 3 is 2.95 bits per heavy atom. The van der Waals surface area contributed by atoms with Crippen molar-refractivity contribution in [2.75, 3.05) is 19.4 Å². The molecule has 2 heterocycles. The summed E-state index contributed by atoms with van der Waals surface area (Å²) in [5, 5.41) is 4.56. The number of carbonyl (C=O) groups excluding carboxylic acids is 1. The molecule has 1 N–H and O–H groups in total. The van der Waals surface area contributed by atoms with Gasteiger partial charge in [-0.3, -0.25) is 4.79 Å². The van der Waals surface area contributed by atoms with Gasteiger partial charge in [0.15, 0.2) is 11.6 Å². The Hall–Kier alpha value is -1.95. The van der Waals surface area contributed by atoms with E-state index in [0.717, 1.165) is 4.88 Å². The van der Waals surface area contributed by atoms with Crippen molar-refractivity contribution in [3.05, 3.63) is 46.0 Å². The lowest BCUT2D eigenvalue weighted by atomic mass is 10.2. The molecule has 0 aliphatic heterocycles. The normalized spacial score (nSPS) is 10.3. The standard InChI is InChI=1S/C13H14FN3OS/c1-15-12-11(14)10(5-6-16-12)13(18)17(2)8-9-4-3-7-19-9/h3-7H,8H2,1-2H3,(H,15,16). The number of pyridine rings is 1. The second-order valence-electron chi connectivity index (χ2n) is 4.01. The van der Waals surface area contributed by atoms with Gasteiger partial charge in [0.1, 0.15) is 0 Å². The second kappa shape index (κ2) is 5.79. The fraction of sp³-hybridized carbons (Fsp3) is 0.231. The number of nitrogens with zero attached hydrogens (tertiary/aromatic N) is 2. The maximum absolute atomic E-state index is 14.0. The Labute approximate surface area is 114 Å². The molecule has 0 aliphatic rings. The third kappa shape index (κ3) is 2.90. The van der Waals surface area contributed by atoms with Crippen LogP contribution in [-0.4, -0.2) is 29.9 Å². The molecule has 0 fully saturated rings. The number of hydrogen-bond donors (Lipinski definition) is 1. The molecule has 2 rings (SSSR count). The lowest BCUT2D eigenvalue weighted by molar-refractivity contribution is 0.0782. The number of hydrogen-bond acceptors (Lipinski definition) is 4. The zero-order valence-electron chi connectivity index (χ0n) is 10.7. The number of anilines is 1. The zero-order valence-corrected chi connectivity index (χ0v) is 11.5. The van der Waals surface area contributed by atoms with Crippen molar-refractivity contribution < 1.29 is 9.18 Å². The van der Waals surface area contributed by atoms with Crippen LogP contribution in [0.2, 0.25) is 0 Å². The van der Waals surface area contributed by atoms with E-state index in [0.29, 0.717) is 6.54 Å². The van der Waals surface area contributed by atoms with E-state index in [2.05, 4.69) is 10.3 Å². The fourth-order valence-electron chi connectivity index (χ4n) is 1.70. The van der Waals surface area contributed by atoms with Gasteiger partial charge in [0.05, 0.1) is 12.1 Å². The molecule has 0 saturated heterocycles. The largest absolute Gasteiger partial charge is 0.371 e. The highest BCUT2D eigenvalue weighted by Crippen LogP contribution is 2.18. The topological polar surface area (TPSA) is 45.2 Å². The predicted molar refractivity (Wildman–Crippen MR) is 73.9 cm³/mol. The number of nitrogens with one attached hydrogen (secondary N) is 1. The molecule has 4 nitrogen and oxygen atoms in total. The summed E-state index contributed by atoms with van der Waals surface area (Å²) in [5.41, 5.74) is 0.0263. The van der Waals surface area contributed by atoms with Crippen molar-refractivity contribution in [1.29, 1.82) is 0 Å². The first kappa shape index (κ1) is 13.5. The van der Waals surface area contributed by atoms with Crippen molar-refractivity contribution >= 4 is 23.1 Å². The average molecular weight is 279 g/mol. The fourth-order valence-corrected chi connectivity index (χ4v) is 2.45. The van der Waals surface area contributed by atoms with Gasteiger partial charge in [-0.25, -0.2) is 9.37 Å². The minimum absolute atomic E-state index is 0.0263. The number of amides is 1. The summed E-state index contributed by atoms with van der Waals surface area (Å²) in [4.78, 5) is 18.6. The van der Waals surface area contributed by atoms with E-state index in [9.17, 15) is 9.18 Å². The van der Waals surface area contributed by atoms with Crippen LogP contribution in [0.4, 0.5) is 10.2 Å². The highest BCUT2D eigenvalue weighted by Gasteiger charge is 2.19. The number of halogens is 1. The van der Waals surface area contributed by atoms with Gasteiger partial charge >= 0.3 is 0 Å². The maximum Gasteiger partial charge on any atom is 0.257 e. The van der Waals surface area contributed by atoms with Crippen LogP contribution in [0.1, 0.15) is 15.2 Å². The number of aromatic nitrogens is 1. The predicted octanol–water partition coefficient (Wildman–Crippen LogP) is 2.60. The molecule has 0 unspecified atom stereocenters. The summed E-state index contributed by atoms with van der Waals surface area (Å²) in [5.74, 6) is -0.895. The molecule has 0 aromatic carbocycles. The molecular formula is C13H14FN3OS. The molecule has 100 valence electrons. The lowest BCUT2D eigenvalue weighted by Crippen LogP contribution is -2.27. The number of thiophene rings is 1. The molecule has 0 aliphatic carbocycles. The molecule has 0 bridgehead atoms. The van der Waals surface area contributed by atoms with Gasteiger partial charge in [-0.05, 0) is 17.5 Å². The molecule has 2 aromatic rings. The highest BCUT2D eigenvalue weighted by atomic mass is 32.1. The van der Waals surface area contributed by atoms with Gasteiger partial charge in [-0.15, -0.1) is 11.3 Å². The van der Waals surface area contributed by atoms with E-state index >= 15 is 0 Å². The van der Waals surface area contributed by atoms with E-state index in [1.54, 1.807) is 25.4 Å². The van der Waals surface area contributed by atoms with E-state index in [-0.39, 0.29) is 17.3 Å². The first-order chi connectivity index (χ1) is 9.13. The van der Waals surface area contributed by atoms with Crippen LogP contribution >= 0.6 is 11.3 Å². The molecule has 0 saturated carbocycles. The number of carbonyl (C=O) groups is 1.